The van der Waals surface area contributed by atoms with Gasteiger partial charge < -0.3 is 14.1 Å². The topological polar surface area (TPSA) is 50.3 Å². The van der Waals surface area contributed by atoms with Crippen LogP contribution in [0.15, 0.2) is 63.2 Å². The summed E-state index contributed by atoms with van der Waals surface area (Å²) >= 11 is 0. The van der Waals surface area contributed by atoms with Gasteiger partial charge in [-0.3, -0.25) is 9.98 Å². The zero-order valence-electron chi connectivity index (χ0n) is 14.6. The Balaban J connectivity index is 1.77. The molecular formula is C20H21N3O2. The number of ether oxygens (including phenoxy) is 1. The average molecular weight is 335 g/mol. The van der Waals surface area contributed by atoms with Crippen LogP contribution in [0, 0.1) is 12.8 Å². The molecule has 1 aromatic heterocycles. The molecule has 0 bridgehead atoms. The molecule has 5 heteroatoms. The van der Waals surface area contributed by atoms with Gasteiger partial charge in [-0.1, -0.05) is 19.1 Å². The Hall–Kier alpha value is -2.82. The van der Waals surface area contributed by atoms with Crippen LogP contribution in [0.4, 0.5) is 0 Å². The molecule has 5 nitrogen and oxygen atoms in total. The normalized spacial score (nSPS) is 24.8. The molecule has 0 saturated carbocycles. The Morgan fingerprint density at radius 3 is 2.60 bits per heavy atom. The Kier molecular flexibility index (Phi) is 3.92. The van der Waals surface area contributed by atoms with E-state index in [0.717, 1.165) is 23.1 Å². The molecule has 0 amide bonds. The summed E-state index contributed by atoms with van der Waals surface area (Å²) in [4.78, 5) is 11.3. The summed E-state index contributed by atoms with van der Waals surface area (Å²) in [6, 6.07) is 12.4. The predicted molar refractivity (Wildman–Crippen MR) is 98.0 cm³/mol. The van der Waals surface area contributed by atoms with E-state index in [1.165, 1.54) is 5.56 Å². The Labute approximate surface area is 147 Å². The number of aryl methyl sites for hydroxylation is 1. The van der Waals surface area contributed by atoms with Crippen LogP contribution in [-0.4, -0.2) is 24.1 Å². The molecule has 0 fully saturated rings. The van der Waals surface area contributed by atoms with Gasteiger partial charge in [0.1, 0.15) is 29.1 Å². The van der Waals surface area contributed by atoms with E-state index < -0.39 is 0 Å². The van der Waals surface area contributed by atoms with Crippen molar-refractivity contribution in [1.82, 2.24) is 4.90 Å². The van der Waals surface area contributed by atoms with Crippen molar-refractivity contribution in [3.05, 3.63) is 65.9 Å². The maximum atomic E-state index is 5.89. The van der Waals surface area contributed by atoms with Gasteiger partial charge in [-0.25, -0.2) is 0 Å². The number of methoxy groups -OCH3 is 1. The van der Waals surface area contributed by atoms with E-state index >= 15 is 0 Å². The molecular weight excluding hydrogens is 314 g/mol. The van der Waals surface area contributed by atoms with Crippen LogP contribution in [-0.2, 0) is 0 Å². The number of benzene rings is 1. The van der Waals surface area contributed by atoms with Crippen molar-refractivity contribution in [2.45, 2.75) is 25.9 Å². The number of nitrogens with zero attached hydrogens (tertiary/aromatic N) is 3. The summed E-state index contributed by atoms with van der Waals surface area (Å²) in [7, 11) is 1.68. The van der Waals surface area contributed by atoms with E-state index in [4.69, 9.17) is 14.1 Å². The SMILES string of the molecule is COc1ccc(C2C(C)C(c3ccc(C)o3)N=C3C=NC=CN32)cc1. The first kappa shape index (κ1) is 15.7. The van der Waals surface area contributed by atoms with Gasteiger partial charge in [-0.05, 0) is 36.8 Å². The van der Waals surface area contributed by atoms with Gasteiger partial charge in [0.25, 0.3) is 0 Å². The third kappa shape index (κ3) is 2.76. The molecule has 0 N–H and O–H groups in total. The van der Waals surface area contributed by atoms with Crippen LogP contribution in [0.25, 0.3) is 0 Å². The van der Waals surface area contributed by atoms with E-state index in [-0.39, 0.29) is 18.0 Å². The summed E-state index contributed by atoms with van der Waals surface area (Å²) in [6.07, 6.45) is 5.61. The number of amidine groups is 1. The molecule has 2 aliphatic heterocycles. The van der Waals surface area contributed by atoms with Crippen LogP contribution >= 0.6 is 0 Å². The van der Waals surface area contributed by atoms with Crippen molar-refractivity contribution >= 4 is 12.1 Å². The lowest BCUT2D eigenvalue weighted by Gasteiger charge is -2.41. The summed E-state index contributed by atoms with van der Waals surface area (Å²) in [6.45, 7) is 4.18. The van der Waals surface area contributed by atoms with Crippen LogP contribution in [0.1, 0.15) is 36.1 Å². The summed E-state index contributed by atoms with van der Waals surface area (Å²) < 4.78 is 11.2. The smallest absolute Gasteiger partial charge is 0.147 e. The number of fused-ring (bicyclic) bond motifs is 1. The molecule has 3 heterocycles. The van der Waals surface area contributed by atoms with Crippen LogP contribution in [0.3, 0.4) is 0 Å². The number of hydrogen-bond acceptors (Lipinski definition) is 5. The van der Waals surface area contributed by atoms with Crippen molar-refractivity contribution in [3.63, 3.8) is 0 Å². The highest BCUT2D eigenvalue weighted by Gasteiger charge is 2.39. The maximum Gasteiger partial charge on any atom is 0.147 e. The van der Waals surface area contributed by atoms with Crippen molar-refractivity contribution < 1.29 is 9.15 Å². The quantitative estimate of drug-likeness (QED) is 0.841. The average Bonchev–Trinajstić information content (AvgIpc) is 3.07. The molecule has 2 aliphatic rings. The first-order valence-electron chi connectivity index (χ1n) is 8.43. The molecule has 128 valence electrons. The molecule has 25 heavy (non-hydrogen) atoms. The zero-order valence-corrected chi connectivity index (χ0v) is 14.6. The lowest BCUT2D eigenvalue weighted by atomic mass is 9.84. The highest BCUT2D eigenvalue weighted by atomic mass is 16.5. The van der Waals surface area contributed by atoms with Gasteiger partial charge in [0.2, 0.25) is 0 Å². The van der Waals surface area contributed by atoms with E-state index in [2.05, 4.69) is 28.9 Å². The predicted octanol–water partition coefficient (Wildman–Crippen LogP) is 4.28. The number of furan rings is 1. The highest BCUT2D eigenvalue weighted by molar-refractivity contribution is 6.30. The van der Waals surface area contributed by atoms with Gasteiger partial charge in [0.15, 0.2) is 0 Å². The van der Waals surface area contributed by atoms with Gasteiger partial charge >= 0.3 is 0 Å². The molecule has 1 aromatic carbocycles. The molecule has 0 spiro atoms. The van der Waals surface area contributed by atoms with Crippen molar-refractivity contribution in [3.8, 4) is 5.75 Å². The summed E-state index contributed by atoms with van der Waals surface area (Å²) in [5, 5.41) is 0. The largest absolute Gasteiger partial charge is 0.497 e. The fourth-order valence-electron chi connectivity index (χ4n) is 3.58. The minimum atomic E-state index is -0.0370. The van der Waals surface area contributed by atoms with Crippen LogP contribution in [0.5, 0.6) is 5.75 Å². The minimum Gasteiger partial charge on any atom is -0.497 e. The first-order chi connectivity index (χ1) is 12.2. The summed E-state index contributed by atoms with van der Waals surface area (Å²) in [5.41, 5.74) is 1.22. The fourth-order valence-corrected chi connectivity index (χ4v) is 3.58. The van der Waals surface area contributed by atoms with Crippen LogP contribution < -0.4 is 4.74 Å². The number of rotatable bonds is 3. The molecule has 2 aromatic rings. The van der Waals surface area contributed by atoms with Gasteiger partial charge in [-0.15, -0.1) is 0 Å². The maximum absolute atomic E-state index is 5.89. The highest BCUT2D eigenvalue weighted by Crippen LogP contribution is 2.43. The minimum absolute atomic E-state index is 0.0370. The Morgan fingerprint density at radius 1 is 1.12 bits per heavy atom. The van der Waals surface area contributed by atoms with Gasteiger partial charge in [0.05, 0.1) is 19.4 Å². The van der Waals surface area contributed by atoms with E-state index in [9.17, 15) is 0 Å². The van der Waals surface area contributed by atoms with Gasteiger partial charge in [0, 0.05) is 18.3 Å². The third-order valence-corrected chi connectivity index (χ3v) is 4.84. The fraction of sp³-hybridized carbons (Fsp3) is 0.300. The molecule has 0 radical (unpaired) electrons. The molecule has 0 aliphatic carbocycles. The van der Waals surface area contributed by atoms with Crippen LogP contribution in [0.2, 0.25) is 0 Å². The number of hydrogen-bond donors (Lipinski definition) is 0. The second-order valence-corrected chi connectivity index (χ2v) is 6.44. The first-order valence-corrected chi connectivity index (χ1v) is 8.43. The van der Waals surface area contributed by atoms with E-state index in [1.807, 2.05) is 43.6 Å². The zero-order chi connectivity index (χ0) is 17.4. The second-order valence-electron chi connectivity index (χ2n) is 6.44. The molecule has 3 atom stereocenters. The number of aliphatic imine (C=N–C) groups is 2. The monoisotopic (exact) mass is 335 g/mol. The van der Waals surface area contributed by atoms with Crippen molar-refractivity contribution in [1.29, 1.82) is 0 Å². The second kappa shape index (κ2) is 6.24. The van der Waals surface area contributed by atoms with Gasteiger partial charge in [-0.2, -0.15) is 0 Å². The van der Waals surface area contributed by atoms with Crippen molar-refractivity contribution in [2.75, 3.05) is 7.11 Å². The molecule has 0 saturated heterocycles. The van der Waals surface area contributed by atoms with E-state index in [0.29, 0.717) is 0 Å². The lowest BCUT2D eigenvalue weighted by Crippen LogP contribution is -2.41. The van der Waals surface area contributed by atoms with Crippen molar-refractivity contribution in [2.24, 2.45) is 15.9 Å². The van der Waals surface area contributed by atoms with E-state index in [1.54, 1.807) is 13.3 Å². The third-order valence-electron chi connectivity index (χ3n) is 4.84. The standard InChI is InChI=1S/C20H21N3O2/c1-13-4-9-17(25-13)19-14(2)20(15-5-7-16(24-3)8-6-15)23-11-10-21-12-18(23)22-19/h4-12,14,19-20H,1-3H3. The summed E-state index contributed by atoms with van der Waals surface area (Å²) in [5.74, 6) is 3.76. The Bertz CT molecular complexity index is 848. The Morgan fingerprint density at radius 2 is 1.92 bits per heavy atom. The molecule has 4 rings (SSSR count). The lowest BCUT2D eigenvalue weighted by molar-refractivity contribution is 0.225. The molecule has 3 unspecified atom stereocenters.